The number of rotatable bonds is 0. The third-order valence-electron chi connectivity index (χ3n) is 7.48. The van der Waals surface area contributed by atoms with Crippen LogP contribution in [0.5, 0.6) is 0 Å². The van der Waals surface area contributed by atoms with Gasteiger partial charge >= 0.3 is 0 Å². The molecule has 3 heteroatoms. The highest BCUT2D eigenvalue weighted by Gasteiger charge is 2.45. The third kappa shape index (κ3) is 1.85. The Morgan fingerprint density at radius 2 is 1.55 bits per heavy atom. The molecule has 4 aromatic carbocycles. The number of fused-ring (bicyclic) bond motifs is 7. The molecular formula is C28H19BN2. The van der Waals surface area contributed by atoms with Gasteiger partial charge in [0.2, 0.25) is 6.71 Å². The lowest BCUT2D eigenvalue weighted by Gasteiger charge is -2.42. The van der Waals surface area contributed by atoms with E-state index >= 15 is 0 Å². The van der Waals surface area contributed by atoms with Gasteiger partial charge in [-0.25, -0.2) is 0 Å². The normalized spacial score (nSPS) is 14.9. The van der Waals surface area contributed by atoms with Crippen molar-refractivity contribution in [3.63, 3.8) is 0 Å². The van der Waals surface area contributed by atoms with Gasteiger partial charge in [0.15, 0.2) is 0 Å². The lowest BCUT2D eigenvalue weighted by atomic mass is 9.30. The topological polar surface area (TPSA) is 28.7 Å². The zero-order valence-corrected chi connectivity index (χ0v) is 17.5. The van der Waals surface area contributed by atoms with Crippen LogP contribution in [0.1, 0.15) is 30.5 Å². The summed E-state index contributed by atoms with van der Waals surface area (Å²) in [6.45, 7) is 4.67. The molecule has 1 aromatic heterocycles. The van der Waals surface area contributed by atoms with Crippen molar-refractivity contribution >= 4 is 44.9 Å². The molecule has 0 aliphatic carbocycles. The molecular weight excluding hydrogens is 375 g/mol. The lowest BCUT2D eigenvalue weighted by Crippen LogP contribution is -2.63. The number of nitrogens with zero attached hydrogens (tertiary/aromatic N) is 2. The molecule has 7 rings (SSSR count). The molecule has 2 nitrogen and oxygen atoms in total. The maximum atomic E-state index is 9.95. The van der Waals surface area contributed by atoms with Crippen molar-refractivity contribution in [1.29, 1.82) is 5.26 Å². The number of para-hydroxylation sites is 2. The summed E-state index contributed by atoms with van der Waals surface area (Å²) in [6.07, 6.45) is 0. The molecule has 0 spiro atoms. The van der Waals surface area contributed by atoms with Crippen LogP contribution in [0.4, 0.5) is 0 Å². The fourth-order valence-electron chi connectivity index (χ4n) is 6.34. The first-order chi connectivity index (χ1) is 15.1. The van der Waals surface area contributed by atoms with Crippen LogP contribution in [0.15, 0.2) is 78.9 Å². The molecule has 0 N–H and O–H groups in total. The first-order valence-electron chi connectivity index (χ1n) is 10.8. The van der Waals surface area contributed by atoms with Crippen molar-refractivity contribution in [2.75, 3.05) is 0 Å². The first-order valence-corrected chi connectivity index (χ1v) is 10.8. The van der Waals surface area contributed by atoms with E-state index in [1.165, 1.54) is 55.0 Å². The Hall–Kier alpha value is -3.77. The highest BCUT2D eigenvalue weighted by Crippen LogP contribution is 2.40. The van der Waals surface area contributed by atoms with Crippen LogP contribution in [-0.2, 0) is 5.41 Å². The predicted molar refractivity (Wildman–Crippen MR) is 129 cm³/mol. The SMILES string of the molecule is CC1(C)c2cccc3c2B(c2cccc(C#N)c21)c1cccc2c4ccccc4n-3c12. The van der Waals surface area contributed by atoms with Crippen LogP contribution in [0.25, 0.3) is 27.5 Å². The number of nitriles is 1. The number of hydrogen-bond acceptors (Lipinski definition) is 1. The predicted octanol–water partition coefficient (Wildman–Crippen LogP) is 4.12. The Morgan fingerprint density at radius 3 is 2.42 bits per heavy atom. The van der Waals surface area contributed by atoms with Gasteiger partial charge in [-0.15, -0.1) is 0 Å². The molecule has 0 saturated carbocycles. The van der Waals surface area contributed by atoms with Crippen LogP contribution in [-0.4, -0.2) is 11.3 Å². The monoisotopic (exact) mass is 394 g/mol. The minimum absolute atomic E-state index is 0.142. The van der Waals surface area contributed by atoms with E-state index in [1.807, 2.05) is 12.1 Å². The Morgan fingerprint density at radius 1 is 0.806 bits per heavy atom. The van der Waals surface area contributed by atoms with Crippen molar-refractivity contribution in [2.45, 2.75) is 19.3 Å². The van der Waals surface area contributed by atoms with Gasteiger partial charge in [-0.2, -0.15) is 5.26 Å². The Balaban J connectivity index is 1.76. The van der Waals surface area contributed by atoms with Gasteiger partial charge in [-0.1, -0.05) is 80.0 Å². The molecule has 144 valence electrons. The molecule has 0 bridgehead atoms. The molecule has 3 heterocycles. The molecule has 0 unspecified atom stereocenters. The summed E-state index contributed by atoms with van der Waals surface area (Å²) >= 11 is 0. The van der Waals surface area contributed by atoms with Gasteiger partial charge < -0.3 is 4.57 Å². The van der Waals surface area contributed by atoms with Gasteiger partial charge in [0, 0.05) is 27.4 Å². The summed E-state index contributed by atoms with van der Waals surface area (Å²) in [5.74, 6) is 0. The molecule has 0 atom stereocenters. The van der Waals surface area contributed by atoms with Crippen molar-refractivity contribution in [3.05, 3.63) is 95.6 Å². The fourth-order valence-corrected chi connectivity index (χ4v) is 6.34. The van der Waals surface area contributed by atoms with Gasteiger partial charge in [-0.3, -0.25) is 0 Å². The number of aromatic nitrogens is 1. The summed E-state index contributed by atoms with van der Waals surface area (Å²) in [5, 5.41) is 12.5. The van der Waals surface area contributed by atoms with E-state index in [0.717, 1.165) is 5.56 Å². The molecule has 5 aromatic rings. The van der Waals surface area contributed by atoms with Gasteiger partial charge in [0.05, 0.1) is 17.1 Å². The number of benzene rings is 4. The zero-order chi connectivity index (χ0) is 20.9. The standard InChI is InChI=1S/C28H19BN2/c1-28(2)20-11-7-15-24-26(20)29(21-12-5-8-17(16-30)25(21)28)22-13-6-10-19-18-9-3-4-14-23(18)31(24)27(19)22/h3-15H,1-2H3. The average Bonchev–Trinajstić information content (AvgIpc) is 3.14. The van der Waals surface area contributed by atoms with E-state index in [2.05, 4.69) is 91.2 Å². The average molecular weight is 394 g/mol. The summed E-state index contributed by atoms with van der Waals surface area (Å²) < 4.78 is 2.46. The summed E-state index contributed by atoms with van der Waals surface area (Å²) in [6, 6.07) is 30.9. The van der Waals surface area contributed by atoms with Crippen molar-refractivity contribution in [1.82, 2.24) is 4.57 Å². The second-order valence-electron chi connectivity index (χ2n) is 9.27. The van der Waals surface area contributed by atoms with Gasteiger partial charge in [0.1, 0.15) is 0 Å². The number of hydrogen-bond donors (Lipinski definition) is 0. The van der Waals surface area contributed by atoms with Gasteiger partial charge in [0.25, 0.3) is 0 Å². The van der Waals surface area contributed by atoms with E-state index < -0.39 is 0 Å². The first kappa shape index (κ1) is 17.0. The quantitative estimate of drug-likeness (QED) is 0.356. The molecule has 0 amide bonds. The van der Waals surface area contributed by atoms with Crippen LogP contribution in [0, 0.1) is 11.3 Å². The van der Waals surface area contributed by atoms with E-state index in [9.17, 15) is 5.26 Å². The highest BCUT2D eigenvalue weighted by molar-refractivity contribution is 6.99. The lowest BCUT2D eigenvalue weighted by molar-refractivity contribution is 0.643. The van der Waals surface area contributed by atoms with Crippen LogP contribution < -0.4 is 16.4 Å². The second-order valence-corrected chi connectivity index (χ2v) is 9.27. The maximum Gasteiger partial charge on any atom is 0.247 e. The summed E-state index contributed by atoms with van der Waals surface area (Å²) in [7, 11) is 0. The van der Waals surface area contributed by atoms with Gasteiger partial charge in [-0.05, 0) is 40.3 Å². The van der Waals surface area contributed by atoms with Crippen molar-refractivity contribution in [3.8, 4) is 11.8 Å². The molecule has 0 fully saturated rings. The van der Waals surface area contributed by atoms with Crippen LogP contribution in [0.2, 0.25) is 0 Å². The Kier molecular flexibility index (Phi) is 3.00. The minimum Gasteiger partial charge on any atom is -0.310 e. The molecule has 0 radical (unpaired) electrons. The molecule has 31 heavy (non-hydrogen) atoms. The molecule has 2 aliphatic rings. The highest BCUT2D eigenvalue weighted by atomic mass is 15.0. The fraction of sp³-hybridized carbons (Fsp3) is 0.107. The molecule has 0 saturated heterocycles. The minimum atomic E-state index is -0.238. The van der Waals surface area contributed by atoms with Crippen molar-refractivity contribution < 1.29 is 0 Å². The largest absolute Gasteiger partial charge is 0.310 e. The Bertz CT molecular complexity index is 1630. The van der Waals surface area contributed by atoms with E-state index in [4.69, 9.17) is 0 Å². The van der Waals surface area contributed by atoms with E-state index in [1.54, 1.807) is 0 Å². The van der Waals surface area contributed by atoms with Crippen LogP contribution >= 0.6 is 0 Å². The third-order valence-corrected chi connectivity index (χ3v) is 7.48. The van der Waals surface area contributed by atoms with E-state index in [-0.39, 0.29) is 12.1 Å². The van der Waals surface area contributed by atoms with E-state index in [0.29, 0.717) is 0 Å². The summed E-state index contributed by atoms with van der Waals surface area (Å²) in [5.41, 5.74) is 10.9. The zero-order valence-electron chi connectivity index (χ0n) is 17.5. The van der Waals surface area contributed by atoms with Crippen LogP contribution in [0.3, 0.4) is 0 Å². The molecule has 2 aliphatic heterocycles. The maximum absolute atomic E-state index is 9.95. The Labute approximate surface area is 181 Å². The van der Waals surface area contributed by atoms with Crippen molar-refractivity contribution in [2.24, 2.45) is 0 Å². The summed E-state index contributed by atoms with van der Waals surface area (Å²) in [4.78, 5) is 0. The second kappa shape index (κ2) is 5.48. The smallest absolute Gasteiger partial charge is 0.247 e.